The number of aromatic amines is 1. The van der Waals surface area contributed by atoms with Gasteiger partial charge in [-0.1, -0.05) is 0 Å². The summed E-state index contributed by atoms with van der Waals surface area (Å²) in [7, 11) is 1.52. The minimum atomic E-state index is -0.632. The second kappa shape index (κ2) is 6.98. The van der Waals surface area contributed by atoms with Crippen LogP contribution in [0.25, 0.3) is 0 Å². The molecule has 1 N–H and O–H groups in total. The summed E-state index contributed by atoms with van der Waals surface area (Å²) in [6.45, 7) is 5.89. The first kappa shape index (κ1) is 16.8. The molecule has 0 fully saturated rings. The summed E-state index contributed by atoms with van der Waals surface area (Å²) < 4.78 is 10.3. The molecule has 1 amide bonds. The van der Waals surface area contributed by atoms with Crippen LogP contribution in [-0.2, 0) is 9.47 Å². The third-order valence-electron chi connectivity index (χ3n) is 2.42. The van der Waals surface area contributed by atoms with Crippen LogP contribution in [0.15, 0.2) is 18.3 Å². The van der Waals surface area contributed by atoms with Gasteiger partial charge in [-0.3, -0.25) is 9.80 Å². The summed E-state index contributed by atoms with van der Waals surface area (Å²) in [6, 6.07) is 2.77. The Kier molecular flexibility index (Phi) is 5.60. The second-order valence-corrected chi connectivity index (χ2v) is 5.31. The number of H-pyrrole nitrogens is 1. The molecule has 0 aliphatic rings. The molecule has 1 aromatic heterocycles. The smallest absolute Gasteiger partial charge is 0.415 e. The highest BCUT2D eigenvalue weighted by molar-refractivity contribution is 5.87. The molecule has 0 aromatic carbocycles. The van der Waals surface area contributed by atoms with Crippen molar-refractivity contribution >= 4 is 11.8 Å². The lowest BCUT2D eigenvalue weighted by atomic mass is 10.2. The van der Waals surface area contributed by atoms with E-state index in [1.165, 1.54) is 30.3 Å². The van der Waals surface area contributed by atoms with E-state index in [0.29, 0.717) is 12.3 Å². The van der Waals surface area contributed by atoms with Gasteiger partial charge in [-0.15, -0.1) is 0 Å². The van der Waals surface area contributed by atoms with E-state index in [4.69, 9.17) is 9.47 Å². The van der Waals surface area contributed by atoms with Crippen LogP contribution < -0.4 is 15.3 Å². The topological polar surface area (TPSA) is 104 Å². The number of methoxy groups -OCH3 is 1. The summed E-state index contributed by atoms with van der Waals surface area (Å²) in [5, 5.41) is 21.2. The molecule has 1 aromatic rings. The van der Waals surface area contributed by atoms with Crippen LogP contribution in [-0.4, -0.2) is 36.9 Å². The van der Waals surface area contributed by atoms with E-state index < -0.39 is 16.6 Å². The maximum Gasteiger partial charge on any atom is 0.415 e. The number of hydrogen-bond donors (Lipinski definition) is 1. The standard InChI is InChI=1S/C13H20N3O5/c1-13(2,3)21-12(17)15(7-8-20-4)10-5-6-11(14-9-10)16(18)19/h5-6,9,14H,7-8H2,1-4H3/q-1. The fraction of sp³-hybridized carbons (Fsp3) is 0.538. The minimum absolute atomic E-state index is 0.158. The lowest BCUT2D eigenvalue weighted by molar-refractivity contribution is 0.0569. The molecule has 0 spiro atoms. The van der Waals surface area contributed by atoms with Crippen molar-refractivity contribution in [2.24, 2.45) is 0 Å². The SMILES string of the molecule is COCCN(C(=O)OC(C)(C)C)c1ccc(=[N+]([O-])[O-])[nH]c1. The molecule has 0 bridgehead atoms. The maximum absolute atomic E-state index is 12.2. The fourth-order valence-electron chi connectivity index (χ4n) is 1.52. The average Bonchev–Trinajstić information content (AvgIpc) is 2.37. The van der Waals surface area contributed by atoms with E-state index in [1.807, 2.05) is 0 Å². The molecular weight excluding hydrogens is 278 g/mol. The average molecular weight is 298 g/mol. The van der Waals surface area contributed by atoms with Gasteiger partial charge in [0.05, 0.1) is 18.8 Å². The van der Waals surface area contributed by atoms with Gasteiger partial charge < -0.3 is 19.9 Å². The fourth-order valence-corrected chi connectivity index (χ4v) is 1.52. The van der Waals surface area contributed by atoms with Crippen LogP contribution in [0.1, 0.15) is 20.8 Å². The minimum Gasteiger partial charge on any atom is -0.712 e. The monoisotopic (exact) mass is 298 g/mol. The van der Waals surface area contributed by atoms with Crippen LogP contribution in [0.2, 0.25) is 0 Å². The van der Waals surface area contributed by atoms with Gasteiger partial charge in [-0.05, 0) is 26.8 Å². The predicted molar refractivity (Wildman–Crippen MR) is 78.3 cm³/mol. The number of hydrogen-bond acceptors (Lipinski definition) is 5. The van der Waals surface area contributed by atoms with Crippen LogP contribution in [0, 0.1) is 10.4 Å². The Morgan fingerprint density at radius 1 is 1.38 bits per heavy atom. The van der Waals surface area contributed by atoms with E-state index in [1.54, 1.807) is 20.8 Å². The summed E-state index contributed by atoms with van der Waals surface area (Å²) >= 11 is 0. The molecule has 0 atom stereocenters. The zero-order chi connectivity index (χ0) is 16.0. The first-order valence-electron chi connectivity index (χ1n) is 6.40. The van der Waals surface area contributed by atoms with Crippen molar-refractivity contribution in [3.8, 4) is 0 Å². The number of anilines is 1. The molecule has 8 heteroatoms. The van der Waals surface area contributed by atoms with Crippen LogP contribution >= 0.6 is 0 Å². The number of amides is 1. The third-order valence-corrected chi connectivity index (χ3v) is 2.42. The molecule has 0 saturated carbocycles. The Labute approximate surface area is 122 Å². The Morgan fingerprint density at radius 2 is 2.05 bits per heavy atom. The Hall–Kier alpha value is -2.22. The lowest BCUT2D eigenvalue weighted by Crippen LogP contribution is -2.39. The van der Waals surface area contributed by atoms with E-state index in [-0.39, 0.29) is 12.0 Å². The summed E-state index contributed by atoms with van der Waals surface area (Å²) in [5.41, 5.74) is -0.325. The van der Waals surface area contributed by atoms with Crippen molar-refractivity contribution in [2.75, 3.05) is 25.2 Å². The Bertz CT molecular complexity index is 523. The van der Waals surface area contributed by atoms with E-state index >= 15 is 0 Å². The highest BCUT2D eigenvalue weighted by atomic mass is 16.8. The number of ether oxygens (including phenoxy) is 2. The van der Waals surface area contributed by atoms with Gasteiger partial charge in [-0.25, -0.2) is 9.78 Å². The number of rotatable bonds is 4. The van der Waals surface area contributed by atoms with Crippen molar-refractivity contribution in [2.45, 2.75) is 26.4 Å². The van der Waals surface area contributed by atoms with Crippen molar-refractivity contribution in [1.29, 1.82) is 0 Å². The lowest BCUT2D eigenvalue weighted by Gasteiger charge is -2.26. The molecule has 118 valence electrons. The molecule has 0 saturated heterocycles. The molecule has 0 unspecified atom stereocenters. The highest BCUT2D eigenvalue weighted by Crippen LogP contribution is 2.16. The van der Waals surface area contributed by atoms with Gasteiger partial charge in [0, 0.05) is 13.2 Å². The van der Waals surface area contributed by atoms with Crippen molar-refractivity contribution in [1.82, 2.24) is 9.89 Å². The Balaban J connectivity index is 3.01. The highest BCUT2D eigenvalue weighted by Gasteiger charge is 2.23. The first-order chi connectivity index (χ1) is 9.74. The largest absolute Gasteiger partial charge is 0.712 e. The van der Waals surface area contributed by atoms with Gasteiger partial charge in [-0.2, -0.15) is 0 Å². The zero-order valence-electron chi connectivity index (χ0n) is 12.6. The molecule has 1 heterocycles. The van der Waals surface area contributed by atoms with Gasteiger partial charge in [0.25, 0.3) is 5.49 Å². The normalized spacial score (nSPS) is 11.0. The van der Waals surface area contributed by atoms with E-state index in [0.717, 1.165) is 0 Å². The Morgan fingerprint density at radius 3 is 2.48 bits per heavy atom. The van der Waals surface area contributed by atoms with Gasteiger partial charge in [0.15, 0.2) is 0 Å². The number of carbonyl (C=O) groups is 1. The van der Waals surface area contributed by atoms with Gasteiger partial charge >= 0.3 is 6.09 Å². The molecule has 8 nitrogen and oxygen atoms in total. The molecule has 0 radical (unpaired) electrons. The maximum atomic E-state index is 12.2. The summed E-state index contributed by atoms with van der Waals surface area (Å²) in [6.07, 6.45) is 0.847. The number of pyridine rings is 1. The molecular formula is C13H20N3O5-. The van der Waals surface area contributed by atoms with E-state index in [2.05, 4.69) is 4.98 Å². The summed E-state index contributed by atoms with van der Waals surface area (Å²) in [5.74, 6) is 0. The van der Waals surface area contributed by atoms with Crippen LogP contribution in [0.5, 0.6) is 0 Å². The predicted octanol–water partition coefficient (Wildman–Crippen LogP) is 1.17. The molecule has 1 rings (SSSR count). The van der Waals surface area contributed by atoms with Gasteiger partial charge in [0.1, 0.15) is 11.8 Å². The van der Waals surface area contributed by atoms with E-state index in [9.17, 15) is 15.2 Å². The first-order valence-corrected chi connectivity index (χ1v) is 6.40. The quantitative estimate of drug-likeness (QED) is 0.840. The number of aromatic nitrogens is 1. The van der Waals surface area contributed by atoms with Crippen molar-refractivity contribution < 1.29 is 14.3 Å². The van der Waals surface area contributed by atoms with Crippen molar-refractivity contribution in [3.63, 3.8) is 0 Å². The molecule has 0 aliphatic heterocycles. The molecule has 21 heavy (non-hydrogen) atoms. The zero-order valence-corrected chi connectivity index (χ0v) is 12.6. The third kappa shape index (κ3) is 5.35. The van der Waals surface area contributed by atoms with Crippen LogP contribution in [0.3, 0.4) is 0 Å². The van der Waals surface area contributed by atoms with Crippen LogP contribution in [0.4, 0.5) is 10.5 Å². The van der Waals surface area contributed by atoms with Crippen molar-refractivity contribution in [3.05, 3.63) is 34.2 Å². The number of nitrogens with one attached hydrogen (secondary N) is 1. The number of nitrogens with zero attached hydrogens (tertiary/aromatic N) is 2. The molecule has 0 aliphatic carbocycles. The van der Waals surface area contributed by atoms with Gasteiger partial charge in [0.2, 0.25) is 0 Å². The number of carbonyl (C=O) groups excluding carboxylic acids is 1. The summed E-state index contributed by atoms with van der Waals surface area (Å²) in [4.78, 5) is 15.5. The second-order valence-electron chi connectivity index (χ2n) is 5.31.